The minimum atomic E-state index is -0.0483. The van der Waals surface area contributed by atoms with E-state index in [-0.39, 0.29) is 5.91 Å². The molecule has 2 aromatic carbocycles. The molecule has 0 bridgehead atoms. The van der Waals surface area contributed by atoms with E-state index in [4.69, 9.17) is 11.6 Å². The summed E-state index contributed by atoms with van der Waals surface area (Å²) in [7, 11) is 0. The third-order valence-corrected chi connectivity index (χ3v) is 5.52. The molecule has 24 heavy (non-hydrogen) atoms. The standard InChI is InChI=1S/C19H19ClN2OS/c1-10-7-11(2)14(12(3)8-10)9-17(23)21-19-22-18-13(4)15(20)5-6-16(18)24-19/h5-8H,9H2,1-4H3,(H,21,22,23). The van der Waals surface area contributed by atoms with E-state index in [0.717, 1.165) is 32.5 Å². The van der Waals surface area contributed by atoms with E-state index >= 15 is 0 Å². The van der Waals surface area contributed by atoms with Crippen LogP contribution in [-0.4, -0.2) is 10.9 Å². The molecular formula is C19H19ClN2OS. The minimum absolute atomic E-state index is 0.0483. The van der Waals surface area contributed by atoms with Crippen molar-refractivity contribution in [1.29, 1.82) is 0 Å². The van der Waals surface area contributed by atoms with E-state index in [1.807, 2.05) is 32.9 Å². The fourth-order valence-corrected chi connectivity index (χ4v) is 4.06. The van der Waals surface area contributed by atoms with Crippen LogP contribution in [0.2, 0.25) is 5.02 Å². The third-order valence-electron chi connectivity index (χ3n) is 4.17. The Bertz CT molecular complexity index is 923. The predicted molar refractivity (Wildman–Crippen MR) is 102 cm³/mol. The number of aromatic nitrogens is 1. The highest BCUT2D eigenvalue weighted by molar-refractivity contribution is 7.22. The van der Waals surface area contributed by atoms with Crippen molar-refractivity contribution in [3.63, 3.8) is 0 Å². The Morgan fingerprint density at radius 3 is 2.50 bits per heavy atom. The number of nitrogens with zero attached hydrogens (tertiary/aromatic N) is 1. The maximum atomic E-state index is 12.4. The zero-order chi connectivity index (χ0) is 17.4. The van der Waals surface area contributed by atoms with E-state index in [1.54, 1.807) is 0 Å². The maximum absolute atomic E-state index is 12.4. The number of halogens is 1. The molecule has 0 aliphatic rings. The molecule has 0 saturated heterocycles. The number of fused-ring (bicyclic) bond motifs is 1. The van der Waals surface area contributed by atoms with Gasteiger partial charge in [0.05, 0.1) is 16.6 Å². The van der Waals surface area contributed by atoms with Crippen LogP contribution in [0.1, 0.15) is 27.8 Å². The largest absolute Gasteiger partial charge is 0.302 e. The molecule has 0 unspecified atom stereocenters. The molecule has 0 fully saturated rings. The van der Waals surface area contributed by atoms with Gasteiger partial charge in [-0.2, -0.15) is 0 Å². The molecule has 0 aliphatic heterocycles. The first kappa shape index (κ1) is 16.9. The lowest BCUT2D eigenvalue weighted by molar-refractivity contribution is -0.115. The topological polar surface area (TPSA) is 42.0 Å². The summed E-state index contributed by atoms with van der Waals surface area (Å²) < 4.78 is 1.02. The van der Waals surface area contributed by atoms with E-state index in [9.17, 15) is 4.79 Å². The number of aryl methyl sites for hydroxylation is 4. The van der Waals surface area contributed by atoms with Crippen LogP contribution >= 0.6 is 22.9 Å². The van der Waals surface area contributed by atoms with Crippen LogP contribution in [0.3, 0.4) is 0 Å². The number of anilines is 1. The first-order valence-electron chi connectivity index (χ1n) is 7.77. The van der Waals surface area contributed by atoms with E-state index in [1.165, 1.54) is 16.9 Å². The van der Waals surface area contributed by atoms with Crippen LogP contribution in [-0.2, 0) is 11.2 Å². The average molecular weight is 359 g/mol. The Morgan fingerprint density at radius 1 is 1.17 bits per heavy atom. The van der Waals surface area contributed by atoms with Crippen molar-refractivity contribution >= 4 is 44.2 Å². The van der Waals surface area contributed by atoms with Crippen LogP contribution in [0.15, 0.2) is 24.3 Å². The van der Waals surface area contributed by atoms with E-state index < -0.39 is 0 Å². The Morgan fingerprint density at radius 2 is 1.83 bits per heavy atom. The van der Waals surface area contributed by atoms with Crippen molar-refractivity contribution in [2.24, 2.45) is 0 Å². The fourth-order valence-electron chi connectivity index (χ4n) is 2.97. The van der Waals surface area contributed by atoms with Gasteiger partial charge in [-0.25, -0.2) is 4.98 Å². The van der Waals surface area contributed by atoms with Gasteiger partial charge >= 0.3 is 0 Å². The molecule has 1 aromatic heterocycles. The van der Waals surface area contributed by atoms with Gasteiger partial charge in [-0.15, -0.1) is 0 Å². The SMILES string of the molecule is Cc1cc(C)c(CC(=O)Nc2nc3c(C)c(Cl)ccc3s2)c(C)c1. The number of amides is 1. The first-order chi connectivity index (χ1) is 11.3. The summed E-state index contributed by atoms with van der Waals surface area (Å²) in [6.45, 7) is 8.10. The normalized spacial score (nSPS) is 11.0. The lowest BCUT2D eigenvalue weighted by Crippen LogP contribution is -2.15. The summed E-state index contributed by atoms with van der Waals surface area (Å²) >= 11 is 7.60. The van der Waals surface area contributed by atoms with Crippen LogP contribution in [0.4, 0.5) is 5.13 Å². The van der Waals surface area contributed by atoms with Gasteiger partial charge in [-0.05, 0) is 62.1 Å². The molecule has 3 aromatic rings. The highest BCUT2D eigenvalue weighted by Gasteiger charge is 2.13. The molecule has 0 spiro atoms. The van der Waals surface area contributed by atoms with Gasteiger partial charge in [-0.3, -0.25) is 4.79 Å². The van der Waals surface area contributed by atoms with Crippen LogP contribution in [0, 0.1) is 27.7 Å². The Labute approximate surface area is 150 Å². The molecule has 5 heteroatoms. The molecule has 1 amide bonds. The number of benzene rings is 2. The second kappa shape index (κ2) is 6.54. The van der Waals surface area contributed by atoms with Crippen molar-refractivity contribution in [2.75, 3.05) is 5.32 Å². The number of hydrogen-bond acceptors (Lipinski definition) is 3. The molecule has 124 valence electrons. The number of carbonyl (C=O) groups excluding carboxylic acids is 1. The second-order valence-electron chi connectivity index (χ2n) is 6.14. The average Bonchev–Trinajstić information content (AvgIpc) is 2.90. The van der Waals surface area contributed by atoms with E-state index in [0.29, 0.717) is 16.6 Å². The summed E-state index contributed by atoms with van der Waals surface area (Å²) in [4.78, 5) is 16.9. The minimum Gasteiger partial charge on any atom is -0.302 e. The van der Waals surface area contributed by atoms with Crippen molar-refractivity contribution in [3.8, 4) is 0 Å². The zero-order valence-corrected chi connectivity index (χ0v) is 15.7. The molecule has 0 aliphatic carbocycles. The first-order valence-corrected chi connectivity index (χ1v) is 8.97. The number of hydrogen-bond donors (Lipinski definition) is 1. The van der Waals surface area contributed by atoms with Gasteiger partial charge in [0.15, 0.2) is 5.13 Å². The highest BCUT2D eigenvalue weighted by Crippen LogP contribution is 2.31. The number of nitrogens with one attached hydrogen (secondary N) is 1. The molecule has 1 N–H and O–H groups in total. The zero-order valence-electron chi connectivity index (χ0n) is 14.2. The number of carbonyl (C=O) groups is 1. The van der Waals surface area contributed by atoms with Gasteiger partial charge in [-0.1, -0.05) is 40.6 Å². The van der Waals surface area contributed by atoms with Gasteiger partial charge in [0.25, 0.3) is 0 Å². The predicted octanol–water partition coefficient (Wildman–Crippen LogP) is 5.36. The maximum Gasteiger partial charge on any atom is 0.230 e. The molecule has 1 heterocycles. The van der Waals surface area contributed by atoms with Gasteiger partial charge < -0.3 is 5.32 Å². The van der Waals surface area contributed by atoms with E-state index in [2.05, 4.69) is 29.4 Å². The van der Waals surface area contributed by atoms with Crippen molar-refractivity contribution in [2.45, 2.75) is 34.1 Å². The Kier molecular flexibility index (Phi) is 4.61. The molecule has 3 rings (SSSR count). The van der Waals surface area contributed by atoms with Crippen LogP contribution < -0.4 is 5.32 Å². The monoisotopic (exact) mass is 358 g/mol. The van der Waals surface area contributed by atoms with Crippen LogP contribution in [0.25, 0.3) is 10.2 Å². The summed E-state index contributed by atoms with van der Waals surface area (Å²) in [5, 5.41) is 4.23. The molecule has 0 atom stereocenters. The number of rotatable bonds is 3. The van der Waals surface area contributed by atoms with Gasteiger partial charge in [0.2, 0.25) is 5.91 Å². The van der Waals surface area contributed by atoms with Gasteiger partial charge in [0.1, 0.15) is 0 Å². The molecule has 0 saturated carbocycles. The summed E-state index contributed by atoms with van der Waals surface area (Å²) in [5.41, 5.74) is 6.39. The summed E-state index contributed by atoms with van der Waals surface area (Å²) in [5.74, 6) is -0.0483. The lowest BCUT2D eigenvalue weighted by atomic mass is 9.97. The van der Waals surface area contributed by atoms with Crippen molar-refractivity contribution in [3.05, 3.63) is 57.1 Å². The summed E-state index contributed by atoms with van der Waals surface area (Å²) in [6, 6.07) is 8.02. The fraction of sp³-hybridized carbons (Fsp3) is 0.263. The Hall–Kier alpha value is -1.91. The quantitative estimate of drug-likeness (QED) is 0.684. The number of thiazole rings is 1. The smallest absolute Gasteiger partial charge is 0.230 e. The van der Waals surface area contributed by atoms with Crippen molar-refractivity contribution < 1.29 is 4.79 Å². The Balaban J connectivity index is 1.82. The molecule has 0 radical (unpaired) electrons. The van der Waals surface area contributed by atoms with Gasteiger partial charge in [0, 0.05) is 5.02 Å². The van der Waals surface area contributed by atoms with Crippen LogP contribution in [0.5, 0.6) is 0 Å². The second-order valence-corrected chi connectivity index (χ2v) is 7.58. The lowest BCUT2D eigenvalue weighted by Gasteiger charge is -2.10. The molecule has 3 nitrogen and oxygen atoms in total. The van der Waals surface area contributed by atoms with Crippen molar-refractivity contribution in [1.82, 2.24) is 4.98 Å². The third kappa shape index (κ3) is 3.30. The molecular weight excluding hydrogens is 340 g/mol. The summed E-state index contributed by atoms with van der Waals surface area (Å²) in [6.07, 6.45) is 0.355. The highest BCUT2D eigenvalue weighted by atomic mass is 35.5.